The molecule has 6 N–H and O–H groups in total. The van der Waals surface area contributed by atoms with E-state index in [0.29, 0.717) is 0 Å². The van der Waals surface area contributed by atoms with Gasteiger partial charge in [-0.15, -0.1) is 0 Å². The minimum Gasteiger partial charge on any atom is -0.480 e. The molecule has 0 aliphatic carbocycles. The van der Waals surface area contributed by atoms with Gasteiger partial charge in [0.15, 0.2) is 18.6 Å². The quantitative estimate of drug-likeness (QED) is 0.238. The lowest BCUT2D eigenvalue weighted by Crippen LogP contribution is -2.38. The minimum absolute atomic E-state index is 0.0601. The molecule has 0 aliphatic heterocycles. The van der Waals surface area contributed by atoms with Crippen LogP contribution in [0.15, 0.2) is 4.99 Å². The van der Waals surface area contributed by atoms with Gasteiger partial charge in [0.1, 0.15) is 13.1 Å². The Hall–Kier alpha value is -2.52. The van der Waals surface area contributed by atoms with Crippen LogP contribution in [0.1, 0.15) is 0 Å². The number of guanidine groups is 2. The predicted octanol–water partition coefficient (Wildman–Crippen LogP) is -2.36. The van der Waals surface area contributed by atoms with Crippen molar-refractivity contribution >= 4 is 23.9 Å². The number of carboxylic acids is 1. The molecule has 0 fully saturated rings. The zero-order valence-corrected chi connectivity index (χ0v) is 10.8. The maximum atomic E-state index is 11.3. The van der Waals surface area contributed by atoms with Gasteiger partial charge in [0.05, 0.1) is 0 Å². The van der Waals surface area contributed by atoms with Crippen LogP contribution in [0.2, 0.25) is 0 Å². The lowest BCUT2D eigenvalue weighted by molar-refractivity contribution is -0.143. The lowest BCUT2D eigenvalue weighted by Gasteiger charge is -2.16. The van der Waals surface area contributed by atoms with E-state index in [2.05, 4.69) is 4.99 Å². The molecule has 0 aromatic heterocycles. The number of nitrogens with one attached hydrogen (secondary N) is 1. The first-order chi connectivity index (χ1) is 8.73. The molecule has 0 aliphatic rings. The molecular weight excluding hydrogens is 256 g/mol. The molecule has 0 bridgehead atoms. The van der Waals surface area contributed by atoms with Crippen LogP contribution < -0.4 is 11.5 Å². The van der Waals surface area contributed by atoms with E-state index in [9.17, 15) is 9.59 Å². The molecule has 0 radical (unpaired) electrons. The fourth-order valence-corrected chi connectivity index (χ4v) is 0.899. The predicted molar refractivity (Wildman–Crippen MR) is 67.4 cm³/mol. The van der Waals surface area contributed by atoms with E-state index in [4.69, 9.17) is 26.7 Å². The molecule has 0 rings (SSSR count). The highest BCUT2D eigenvalue weighted by Gasteiger charge is 2.09. The molecule has 108 valence electrons. The van der Waals surface area contributed by atoms with Gasteiger partial charge in [0, 0.05) is 14.1 Å². The SMILES string of the molecule is CN(CC(=O)OCN=C(N)N(C)CC(=O)O)C(=N)N. The molecule has 0 saturated carbocycles. The second kappa shape index (κ2) is 7.74. The maximum Gasteiger partial charge on any atom is 0.327 e. The summed E-state index contributed by atoms with van der Waals surface area (Å²) in [4.78, 5) is 27.7. The van der Waals surface area contributed by atoms with Crippen molar-refractivity contribution in [1.29, 1.82) is 5.41 Å². The summed E-state index contributed by atoms with van der Waals surface area (Å²) in [6.07, 6.45) is 0. The van der Waals surface area contributed by atoms with Crippen molar-refractivity contribution < 1.29 is 19.4 Å². The van der Waals surface area contributed by atoms with Crippen LogP contribution >= 0.6 is 0 Å². The number of carbonyl (C=O) groups is 2. The molecule has 0 spiro atoms. The molecule has 0 aromatic rings. The van der Waals surface area contributed by atoms with Crippen molar-refractivity contribution in [2.45, 2.75) is 0 Å². The second-order valence-corrected chi connectivity index (χ2v) is 3.65. The molecule has 0 atom stereocenters. The van der Waals surface area contributed by atoms with E-state index in [1.54, 1.807) is 0 Å². The normalized spacial score (nSPS) is 10.7. The lowest BCUT2D eigenvalue weighted by atomic mass is 10.6. The van der Waals surface area contributed by atoms with Gasteiger partial charge in [-0.25, -0.2) is 4.99 Å². The Labute approximate surface area is 110 Å². The van der Waals surface area contributed by atoms with Crippen LogP contribution in [0.5, 0.6) is 0 Å². The number of hydrogen-bond acceptors (Lipinski definition) is 5. The smallest absolute Gasteiger partial charge is 0.327 e. The van der Waals surface area contributed by atoms with Gasteiger partial charge in [0.25, 0.3) is 0 Å². The van der Waals surface area contributed by atoms with Crippen molar-refractivity contribution in [1.82, 2.24) is 9.80 Å². The van der Waals surface area contributed by atoms with Crippen LogP contribution in [0.4, 0.5) is 0 Å². The van der Waals surface area contributed by atoms with E-state index >= 15 is 0 Å². The van der Waals surface area contributed by atoms with Crippen molar-refractivity contribution in [2.75, 3.05) is 33.9 Å². The monoisotopic (exact) mass is 274 g/mol. The van der Waals surface area contributed by atoms with E-state index in [1.165, 1.54) is 23.9 Å². The van der Waals surface area contributed by atoms with Gasteiger partial charge in [-0.05, 0) is 0 Å². The summed E-state index contributed by atoms with van der Waals surface area (Å²) in [6.45, 7) is -0.827. The van der Waals surface area contributed by atoms with E-state index in [1.807, 2.05) is 0 Å². The maximum absolute atomic E-state index is 11.3. The first-order valence-electron chi connectivity index (χ1n) is 5.17. The Morgan fingerprint density at radius 3 is 2.32 bits per heavy atom. The average molecular weight is 274 g/mol. The molecule has 0 saturated heterocycles. The summed E-state index contributed by atoms with van der Waals surface area (Å²) < 4.78 is 4.71. The molecule has 10 nitrogen and oxygen atoms in total. The van der Waals surface area contributed by atoms with Gasteiger partial charge in [-0.2, -0.15) is 0 Å². The number of nitrogens with zero attached hydrogens (tertiary/aromatic N) is 3. The Morgan fingerprint density at radius 2 is 1.84 bits per heavy atom. The summed E-state index contributed by atoms with van der Waals surface area (Å²) in [6, 6.07) is 0. The first kappa shape index (κ1) is 16.5. The summed E-state index contributed by atoms with van der Waals surface area (Å²) >= 11 is 0. The van der Waals surface area contributed by atoms with E-state index < -0.39 is 11.9 Å². The number of aliphatic imine (C=N–C) groups is 1. The van der Waals surface area contributed by atoms with Crippen LogP contribution in [0.25, 0.3) is 0 Å². The van der Waals surface area contributed by atoms with Gasteiger partial charge >= 0.3 is 11.9 Å². The Bertz CT molecular complexity index is 383. The number of carbonyl (C=O) groups excluding carboxylic acids is 1. The molecule has 19 heavy (non-hydrogen) atoms. The number of carboxylic acid groups (broad SMARTS) is 1. The first-order valence-corrected chi connectivity index (χ1v) is 5.17. The summed E-state index contributed by atoms with van der Waals surface area (Å²) in [7, 11) is 2.90. The Kier molecular flexibility index (Phi) is 6.71. The fraction of sp³-hybridized carbons (Fsp3) is 0.556. The van der Waals surface area contributed by atoms with Gasteiger partial charge < -0.3 is 31.1 Å². The molecule has 0 amide bonds. The number of hydrogen-bond donors (Lipinski definition) is 4. The number of nitrogens with two attached hydrogens (primary N) is 2. The van der Waals surface area contributed by atoms with Crippen molar-refractivity contribution in [3.63, 3.8) is 0 Å². The second-order valence-electron chi connectivity index (χ2n) is 3.65. The third-order valence-electron chi connectivity index (χ3n) is 1.99. The van der Waals surface area contributed by atoms with Gasteiger partial charge in [-0.1, -0.05) is 0 Å². The molecule has 0 aromatic carbocycles. The highest BCUT2D eigenvalue weighted by atomic mass is 16.5. The van der Waals surface area contributed by atoms with Gasteiger partial charge in [0.2, 0.25) is 0 Å². The van der Waals surface area contributed by atoms with Crippen LogP contribution in [0.3, 0.4) is 0 Å². The number of likely N-dealkylation sites (N-methyl/N-ethyl adjacent to an activating group) is 2. The molecular formula is C9H18N6O4. The highest BCUT2D eigenvalue weighted by molar-refractivity contribution is 5.83. The number of rotatable bonds is 6. The highest BCUT2D eigenvalue weighted by Crippen LogP contribution is 1.88. The summed E-state index contributed by atoms with van der Waals surface area (Å²) in [5, 5.41) is 15.6. The third kappa shape index (κ3) is 7.41. The minimum atomic E-state index is -1.05. The average Bonchev–Trinajstić information content (AvgIpc) is 2.27. The largest absolute Gasteiger partial charge is 0.480 e. The fourth-order valence-electron chi connectivity index (χ4n) is 0.899. The zero-order chi connectivity index (χ0) is 15.0. The van der Waals surface area contributed by atoms with Crippen LogP contribution in [-0.2, 0) is 14.3 Å². The molecule has 10 heteroatoms. The molecule has 0 heterocycles. The zero-order valence-electron chi connectivity index (χ0n) is 10.8. The summed E-state index contributed by atoms with van der Waals surface area (Å²) in [5.41, 5.74) is 10.6. The standard InChI is InChI=1S/C9H18N6O4/c1-14(8(10)11)4-7(18)19-5-13-9(12)15(2)3-6(16)17/h3-5H2,1-2H3,(H3,10,11)(H2,12,13)(H,16,17). The topological polar surface area (TPSA) is 158 Å². The Balaban J connectivity index is 4.10. The van der Waals surface area contributed by atoms with Crippen molar-refractivity contribution in [3.05, 3.63) is 0 Å². The van der Waals surface area contributed by atoms with Gasteiger partial charge in [-0.3, -0.25) is 15.0 Å². The van der Waals surface area contributed by atoms with Crippen molar-refractivity contribution in [2.24, 2.45) is 16.5 Å². The number of esters is 1. The number of aliphatic carboxylic acids is 1. The Morgan fingerprint density at radius 1 is 1.26 bits per heavy atom. The van der Waals surface area contributed by atoms with Crippen LogP contribution in [-0.4, -0.2) is 72.7 Å². The molecule has 0 unspecified atom stereocenters. The number of ether oxygens (including phenoxy) is 1. The summed E-state index contributed by atoms with van der Waals surface area (Å²) in [5.74, 6) is -2.01. The van der Waals surface area contributed by atoms with E-state index in [0.717, 1.165) is 0 Å². The van der Waals surface area contributed by atoms with Crippen LogP contribution in [0, 0.1) is 5.41 Å². The third-order valence-corrected chi connectivity index (χ3v) is 1.99. The van der Waals surface area contributed by atoms with E-state index in [-0.39, 0.29) is 31.7 Å². The van der Waals surface area contributed by atoms with Crippen molar-refractivity contribution in [3.8, 4) is 0 Å².